The SMILES string of the molecule is CC(O)C(C)(C)NC(=O)COc1ccc(F)cc1F. The molecule has 1 atom stereocenters. The van der Waals surface area contributed by atoms with E-state index in [4.69, 9.17) is 4.74 Å². The summed E-state index contributed by atoms with van der Waals surface area (Å²) in [5, 5.41) is 12.0. The monoisotopic (exact) mass is 273 g/mol. The molecule has 0 aliphatic heterocycles. The molecule has 1 unspecified atom stereocenters. The minimum atomic E-state index is -0.873. The van der Waals surface area contributed by atoms with Crippen molar-refractivity contribution in [2.45, 2.75) is 32.4 Å². The maximum atomic E-state index is 13.2. The molecule has 1 amide bonds. The van der Waals surface area contributed by atoms with Crippen molar-refractivity contribution in [2.24, 2.45) is 0 Å². The van der Waals surface area contributed by atoms with Gasteiger partial charge in [-0.3, -0.25) is 4.79 Å². The molecule has 0 saturated carbocycles. The molecule has 0 aromatic heterocycles. The van der Waals surface area contributed by atoms with Crippen molar-refractivity contribution in [3.05, 3.63) is 29.8 Å². The largest absolute Gasteiger partial charge is 0.481 e. The predicted molar refractivity (Wildman–Crippen MR) is 65.8 cm³/mol. The molecule has 19 heavy (non-hydrogen) atoms. The Hall–Kier alpha value is -1.69. The first-order valence-electron chi connectivity index (χ1n) is 5.79. The quantitative estimate of drug-likeness (QED) is 0.857. The van der Waals surface area contributed by atoms with Crippen LogP contribution < -0.4 is 10.1 Å². The molecule has 0 aliphatic rings. The molecular weight excluding hydrogens is 256 g/mol. The number of benzene rings is 1. The van der Waals surface area contributed by atoms with Gasteiger partial charge in [-0.05, 0) is 32.9 Å². The number of carbonyl (C=O) groups excluding carboxylic acids is 1. The summed E-state index contributed by atoms with van der Waals surface area (Å²) < 4.78 is 30.8. The number of amides is 1. The number of aliphatic hydroxyl groups excluding tert-OH is 1. The highest BCUT2D eigenvalue weighted by molar-refractivity contribution is 5.78. The van der Waals surface area contributed by atoms with Crippen LogP contribution in [0.1, 0.15) is 20.8 Å². The van der Waals surface area contributed by atoms with Crippen molar-refractivity contribution in [2.75, 3.05) is 6.61 Å². The van der Waals surface area contributed by atoms with Crippen LogP contribution in [-0.2, 0) is 4.79 Å². The van der Waals surface area contributed by atoms with Gasteiger partial charge in [-0.2, -0.15) is 0 Å². The molecule has 0 fully saturated rings. The molecule has 1 aromatic carbocycles. The van der Waals surface area contributed by atoms with Crippen LogP contribution in [0.15, 0.2) is 18.2 Å². The Balaban J connectivity index is 2.55. The van der Waals surface area contributed by atoms with Crippen molar-refractivity contribution < 1.29 is 23.4 Å². The third-order valence-electron chi connectivity index (χ3n) is 2.76. The van der Waals surface area contributed by atoms with Gasteiger partial charge in [0.15, 0.2) is 18.2 Å². The number of hydrogen-bond acceptors (Lipinski definition) is 3. The van der Waals surface area contributed by atoms with E-state index in [1.165, 1.54) is 0 Å². The summed E-state index contributed by atoms with van der Waals surface area (Å²) in [4.78, 5) is 11.6. The summed E-state index contributed by atoms with van der Waals surface area (Å²) in [5.74, 6) is -2.30. The molecule has 1 rings (SSSR count). The summed E-state index contributed by atoms with van der Waals surface area (Å²) >= 11 is 0. The third kappa shape index (κ3) is 4.48. The van der Waals surface area contributed by atoms with Gasteiger partial charge in [0.1, 0.15) is 5.82 Å². The summed E-state index contributed by atoms with van der Waals surface area (Å²) in [6, 6.07) is 2.82. The lowest BCUT2D eigenvalue weighted by Crippen LogP contribution is -2.52. The summed E-state index contributed by atoms with van der Waals surface area (Å²) in [6.45, 7) is 4.42. The van der Waals surface area contributed by atoms with Gasteiger partial charge >= 0.3 is 0 Å². The van der Waals surface area contributed by atoms with Crippen molar-refractivity contribution in [1.29, 1.82) is 0 Å². The van der Waals surface area contributed by atoms with Gasteiger partial charge in [0.2, 0.25) is 0 Å². The average molecular weight is 273 g/mol. The minimum Gasteiger partial charge on any atom is -0.481 e. The lowest BCUT2D eigenvalue weighted by molar-refractivity contribution is -0.126. The van der Waals surface area contributed by atoms with Crippen LogP contribution in [0.25, 0.3) is 0 Å². The normalized spacial score (nSPS) is 12.9. The van der Waals surface area contributed by atoms with Crippen molar-refractivity contribution in [1.82, 2.24) is 5.32 Å². The lowest BCUT2D eigenvalue weighted by atomic mass is 9.99. The zero-order chi connectivity index (χ0) is 14.6. The fourth-order valence-electron chi connectivity index (χ4n) is 1.24. The number of hydrogen-bond donors (Lipinski definition) is 2. The van der Waals surface area contributed by atoms with E-state index in [0.29, 0.717) is 6.07 Å². The van der Waals surface area contributed by atoms with E-state index in [1.54, 1.807) is 20.8 Å². The highest BCUT2D eigenvalue weighted by atomic mass is 19.1. The molecule has 2 N–H and O–H groups in total. The van der Waals surface area contributed by atoms with E-state index >= 15 is 0 Å². The van der Waals surface area contributed by atoms with Crippen LogP contribution in [0.2, 0.25) is 0 Å². The number of carbonyl (C=O) groups is 1. The molecule has 6 heteroatoms. The van der Waals surface area contributed by atoms with Gasteiger partial charge in [-0.1, -0.05) is 0 Å². The second-order valence-electron chi connectivity index (χ2n) is 4.81. The van der Waals surface area contributed by atoms with Crippen LogP contribution in [0.3, 0.4) is 0 Å². The van der Waals surface area contributed by atoms with E-state index < -0.39 is 35.8 Å². The summed E-state index contributed by atoms with van der Waals surface area (Å²) in [5.41, 5.74) is -0.818. The number of rotatable bonds is 5. The van der Waals surface area contributed by atoms with Crippen LogP contribution in [0.5, 0.6) is 5.75 Å². The highest BCUT2D eigenvalue weighted by Gasteiger charge is 2.26. The maximum Gasteiger partial charge on any atom is 0.258 e. The first-order chi connectivity index (χ1) is 8.72. The molecule has 1 aromatic rings. The Labute approximate surface area is 110 Å². The second-order valence-corrected chi connectivity index (χ2v) is 4.81. The Bertz CT molecular complexity index is 461. The molecule has 4 nitrogen and oxygen atoms in total. The topological polar surface area (TPSA) is 58.6 Å². The molecule has 0 aliphatic carbocycles. The van der Waals surface area contributed by atoms with Crippen LogP contribution >= 0.6 is 0 Å². The van der Waals surface area contributed by atoms with E-state index in [0.717, 1.165) is 12.1 Å². The minimum absolute atomic E-state index is 0.202. The number of nitrogens with one attached hydrogen (secondary N) is 1. The summed E-state index contributed by atoms with van der Waals surface area (Å²) in [7, 11) is 0. The average Bonchev–Trinajstić information content (AvgIpc) is 2.27. The van der Waals surface area contributed by atoms with Gasteiger partial charge < -0.3 is 15.2 Å². The van der Waals surface area contributed by atoms with Gasteiger partial charge in [0.05, 0.1) is 11.6 Å². The lowest BCUT2D eigenvalue weighted by Gasteiger charge is -2.29. The highest BCUT2D eigenvalue weighted by Crippen LogP contribution is 2.17. The first kappa shape index (κ1) is 15.4. The molecule has 0 saturated heterocycles. The van der Waals surface area contributed by atoms with Gasteiger partial charge in [-0.15, -0.1) is 0 Å². The second kappa shape index (κ2) is 5.97. The first-order valence-corrected chi connectivity index (χ1v) is 5.79. The summed E-state index contributed by atoms with van der Waals surface area (Å²) in [6.07, 6.45) is -0.751. The van der Waals surface area contributed by atoms with Crippen LogP contribution in [0, 0.1) is 11.6 Å². The van der Waals surface area contributed by atoms with Gasteiger partial charge in [0, 0.05) is 6.07 Å². The molecular formula is C13H17F2NO3. The Morgan fingerprint density at radius 1 is 1.47 bits per heavy atom. The van der Waals surface area contributed by atoms with E-state index in [1.807, 2.05) is 0 Å². The molecule has 0 bridgehead atoms. The zero-order valence-electron chi connectivity index (χ0n) is 11.0. The standard InChI is InChI=1S/C13H17F2NO3/c1-8(17)13(2,3)16-12(18)7-19-11-5-4-9(14)6-10(11)15/h4-6,8,17H,7H2,1-3H3,(H,16,18). The predicted octanol–water partition coefficient (Wildman–Crippen LogP) is 1.62. The van der Waals surface area contributed by atoms with Crippen LogP contribution in [-0.4, -0.2) is 29.3 Å². The van der Waals surface area contributed by atoms with Gasteiger partial charge in [-0.25, -0.2) is 8.78 Å². The van der Waals surface area contributed by atoms with E-state index in [-0.39, 0.29) is 5.75 Å². The third-order valence-corrected chi connectivity index (χ3v) is 2.76. The maximum absolute atomic E-state index is 13.2. The number of halogens is 2. The molecule has 0 radical (unpaired) electrons. The molecule has 106 valence electrons. The van der Waals surface area contributed by atoms with Crippen molar-refractivity contribution in [3.63, 3.8) is 0 Å². The van der Waals surface area contributed by atoms with E-state index in [2.05, 4.69) is 5.32 Å². The Morgan fingerprint density at radius 2 is 2.11 bits per heavy atom. The Morgan fingerprint density at radius 3 is 2.63 bits per heavy atom. The number of aliphatic hydroxyl groups is 1. The fraction of sp³-hybridized carbons (Fsp3) is 0.462. The van der Waals surface area contributed by atoms with E-state index in [9.17, 15) is 18.7 Å². The smallest absolute Gasteiger partial charge is 0.258 e. The fourth-order valence-corrected chi connectivity index (χ4v) is 1.24. The molecule has 0 heterocycles. The van der Waals surface area contributed by atoms with Crippen molar-refractivity contribution >= 4 is 5.91 Å². The zero-order valence-corrected chi connectivity index (χ0v) is 11.0. The molecule has 0 spiro atoms. The van der Waals surface area contributed by atoms with Gasteiger partial charge in [0.25, 0.3) is 5.91 Å². The van der Waals surface area contributed by atoms with Crippen LogP contribution in [0.4, 0.5) is 8.78 Å². The van der Waals surface area contributed by atoms with Crippen molar-refractivity contribution in [3.8, 4) is 5.75 Å². The number of ether oxygens (including phenoxy) is 1. The Kier molecular flexibility index (Phi) is 4.83.